The van der Waals surface area contributed by atoms with E-state index in [2.05, 4.69) is 25.3 Å². The lowest BCUT2D eigenvalue weighted by Gasteiger charge is -2.15. The zero-order valence-electron chi connectivity index (χ0n) is 16.2. The molecule has 0 bridgehead atoms. The van der Waals surface area contributed by atoms with Gasteiger partial charge in [-0.25, -0.2) is 9.18 Å². The van der Waals surface area contributed by atoms with Crippen LogP contribution in [0.15, 0.2) is 48.5 Å². The maximum atomic E-state index is 13.7. The third-order valence-corrected chi connectivity index (χ3v) is 3.89. The quantitative estimate of drug-likeness (QED) is 0.511. The van der Waals surface area contributed by atoms with Crippen molar-refractivity contribution in [1.82, 2.24) is 9.97 Å². The number of halogens is 4. The number of nitrogens with one attached hydrogen (secondary N) is 2. The maximum absolute atomic E-state index is 13.7. The highest BCUT2D eigenvalue weighted by atomic mass is 19.4. The molecule has 3 rings (SSSR count). The van der Waals surface area contributed by atoms with Crippen LogP contribution in [-0.2, 0) is 0 Å². The predicted molar refractivity (Wildman–Crippen MR) is 104 cm³/mol. The summed E-state index contributed by atoms with van der Waals surface area (Å²) in [7, 11) is 0. The second-order valence-electron chi connectivity index (χ2n) is 6.21. The summed E-state index contributed by atoms with van der Waals surface area (Å²) in [5.41, 5.74) is 0.628. The fourth-order valence-electron chi connectivity index (χ4n) is 2.59. The number of aryl methyl sites for hydroxylation is 2. The molecule has 0 spiro atoms. The molecule has 7 nitrogen and oxygen atoms in total. The van der Waals surface area contributed by atoms with Crippen molar-refractivity contribution in [3.63, 3.8) is 0 Å². The number of hydrogen-bond acceptors (Lipinski definition) is 5. The summed E-state index contributed by atoms with van der Waals surface area (Å²) in [6.45, 7) is 3.11. The number of amides is 2. The van der Waals surface area contributed by atoms with Gasteiger partial charge in [-0.3, -0.25) is 0 Å². The van der Waals surface area contributed by atoms with E-state index >= 15 is 0 Å². The molecule has 1 heterocycles. The predicted octanol–water partition coefficient (Wildman–Crippen LogP) is 5.57. The van der Waals surface area contributed by atoms with Gasteiger partial charge in [-0.1, -0.05) is 24.3 Å². The summed E-state index contributed by atoms with van der Waals surface area (Å²) in [6.07, 6.45) is -4.91. The summed E-state index contributed by atoms with van der Waals surface area (Å²) in [5.74, 6) is -1.23. The SMILES string of the molecule is Cc1nc(Oc2ccccc2F)nc(C)c1NC(=O)Nc1ccccc1OC(F)(F)F. The number of benzene rings is 2. The van der Waals surface area contributed by atoms with Crippen molar-refractivity contribution in [2.75, 3.05) is 10.6 Å². The average molecular weight is 436 g/mol. The Morgan fingerprint density at radius 3 is 2.10 bits per heavy atom. The molecular weight excluding hydrogens is 420 g/mol. The van der Waals surface area contributed by atoms with Gasteiger partial charge in [0.15, 0.2) is 17.3 Å². The Morgan fingerprint density at radius 1 is 0.903 bits per heavy atom. The normalized spacial score (nSPS) is 11.0. The molecule has 0 saturated heterocycles. The molecule has 0 atom stereocenters. The monoisotopic (exact) mass is 436 g/mol. The summed E-state index contributed by atoms with van der Waals surface area (Å²) in [5, 5.41) is 4.76. The summed E-state index contributed by atoms with van der Waals surface area (Å²) in [6, 6.07) is 9.83. The van der Waals surface area contributed by atoms with E-state index in [0.717, 1.165) is 6.07 Å². The van der Waals surface area contributed by atoms with Crippen LogP contribution in [0.5, 0.6) is 17.5 Å². The van der Waals surface area contributed by atoms with E-state index in [9.17, 15) is 22.4 Å². The van der Waals surface area contributed by atoms with E-state index in [-0.39, 0.29) is 23.1 Å². The largest absolute Gasteiger partial charge is 0.573 e. The van der Waals surface area contributed by atoms with E-state index in [0.29, 0.717) is 11.4 Å². The van der Waals surface area contributed by atoms with E-state index in [1.165, 1.54) is 36.4 Å². The Kier molecular flexibility index (Phi) is 6.23. The minimum absolute atomic E-state index is 0.0685. The number of carbonyl (C=O) groups excluding carboxylic acids is 1. The molecule has 0 aliphatic rings. The zero-order chi connectivity index (χ0) is 22.6. The van der Waals surface area contributed by atoms with Crippen LogP contribution in [0, 0.1) is 19.7 Å². The molecule has 2 amide bonds. The molecule has 31 heavy (non-hydrogen) atoms. The smallest absolute Gasteiger partial charge is 0.421 e. The highest BCUT2D eigenvalue weighted by Gasteiger charge is 2.32. The van der Waals surface area contributed by atoms with Crippen LogP contribution in [0.3, 0.4) is 0 Å². The maximum Gasteiger partial charge on any atom is 0.573 e. The fourth-order valence-corrected chi connectivity index (χ4v) is 2.59. The van der Waals surface area contributed by atoms with E-state index < -0.39 is 24.0 Å². The van der Waals surface area contributed by atoms with Gasteiger partial charge in [-0.05, 0) is 38.1 Å². The van der Waals surface area contributed by atoms with Crippen LogP contribution in [-0.4, -0.2) is 22.4 Å². The fraction of sp³-hybridized carbons (Fsp3) is 0.150. The first-order valence-electron chi connectivity index (χ1n) is 8.83. The molecule has 2 aromatic carbocycles. The van der Waals surface area contributed by atoms with Gasteiger partial charge < -0.3 is 20.1 Å². The first-order valence-corrected chi connectivity index (χ1v) is 8.83. The number of para-hydroxylation sites is 3. The van der Waals surface area contributed by atoms with Crippen LogP contribution in [0.2, 0.25) is 0 Å². The van der Waals surface area contributed by atoms with Gasteiger partial charge in [0.25, 0.3) is 0 Å². The highest BCUT2D eigenvalue weighted by Crippen LogP contribution is 2.30. The Morgan fingerprint density at radius 2 is 1.48 bits per heavy atom. The zero-order valence-corrected chi connectivity index (χ0v) is 16.2. The van der Waals surface area contributed by atoms with E-state index in [1.54, 1.807) is 19.9 Å². The second-order valence-corrected chi connectivity index (χ2v) is 6.21. The van der Waals surface area contributed by atoms with Crippen molar-refractivity contribution in [3.05, 3.63) is 65.7 Å². The topological polar surface area (TPSA) is 85.4 Å². The van der Waals surface area contributed by atoms with Gasteiger partial charge in [0.2, 0.25) is 0 Å². The second kappa shape index (κ2) is 8.86. The summed E-state index contributed by atoms with van der Waals surface area (Å²) >= 11 is 0. The Labute approximate surface area is 174 Å². The lowest BCUT2D eigenvalue weighted by molar-refractivity contribution is -0.274. The van der Waals surface area contributed by atoms with Crippen molar-refractivity contribution >= 4 is 17.4 Å². The number of aromatic nitrogens is 2. The molecule has 3 aromatic rings. The van der Waals surface area contributed by atoms with Crippen molar-refractivity contribution in [2.45, 2.75) is 20.2 Å². The minimum Gasteiger partial charge on any atom is -0.421 e. The van der Waals surface area contributed by atoms with Crippen molar-refractivity contribution in [2.24, 2.45) is 0 Å². The molecule has 0 aliphatic heterocycles. The molecule has 0 radical (unpaired) electrons. The first kappa shape index (κ1) is 21.8. The lowest BCUT2D eigenvalue weighted by atomic mass is 10.3. The number of ether oxygens (including phenoxy) is 2. The van der Waals surface area contributed by atoms with Crippen LogP contribution >= 0.6 is 0 Å². The number of rotatable bonds is 5. The molecule has 1 aromatic heterocycles. The molecule has 0 saturated carbocycles. The summed E-state index contributed by atoms with van der Waals surface area (Å²) in [4.78, 5) is 20.5. The van der Waals surface area contributed by atoms with Gasteiger partial charge >= 0.3 is 18.4 Å². The van der Waals surface area contributed by atoms with Crippen LogP contribution < -0.4 is 20.1 Å². The molecule has 11 heteroatoms. The van der Waals surface area contributed by atoms with E-state index in [1.807, 2.05) is 0 Å². The third kappa shape index (κ3) is 5.81. The highest BCUT2D eigenvalue weighted by molar-refractivity contribution is 6.01. The number of alkyl halides is 3. The van der Waals surface area contributed by atoms with Gasteiger partial charge in [0, 0.05) is 0 Å². The van der Waals surface area contributed by atoms with Crippen molar-refractivity contribution < 1.29 is 31.8 Å². The summed E-state index contributed by atoms with van der Waals surface area (Å²) < 4.78 is 60.6. The molecule has 162 valence electrons. The number of nitrogens with zero attached hydrogens (tertiary/aromatic N) is 2. The van der Waals surface area contributed by atoms with Crippen LogP contribution in [0.1, 0.15) is 11.4 Å². The molecule has 0 fully saturated rings. The van der Waals surface area contributed by atoms with Gasteiger partial charge in [0.1, 0.15) is 0 Å². The Bertz CT molecular complexity index is 1080. The molecule has 0 aliphatic carbocycles. The van der Waals surface area contributed by atoms with Crippen molar-refractivity contribution in [3.8, 4) is 17.5 Å². The van der Waals surface area contributed by atoms with Gasteiger partial charge in [-0.15, -0.1) is 13.2 Å². The van der Waals surface area contributed by atoms with Crippen molar-refractivity contribution in [1.29, 1.82) is 0 Å². The lowest BCUT2D eigenvalue weighted by Crippen LogP contribution is -2.23. The number of carbonyl (C=O) groups is 1. The third-order valence-electron chi connectivity index (χ3n) is 3.89. The van der Waals surface area contributed by atoms with Crippen LogP contribution in [0.25, 0.3) is 0 Å². The van der Waals surface area contributed by atoms with Gasteiger partial charge in [-0.2, -0.15) is 9.97 Å². The number of anilines is 2. The van der Waals surface area contributed by atoms with Crippen LogP contribution in [0.4, 0.5) is 33.7 Å². The number of urea groups is 1. The standard InChI is InChI=1S/C20H16F4N4O3/c1-11-17(12(2)26-19(25-11)30-15-9-5-3-7-13(15)21)28-18(29)27-14-8-4-6-10-16(14)31-20(22,23)24/h3-10H,1-2H3,(H2,27,28,29). The molecule has 2 N–H and O–H groups in total. The minimum atomic E-state index is -4.91. The molecule has 0 unspecified atom stereocenters. The Hall–Kier alpha value is -3.89. The first-order chi connectivity index (χ1) is 14.6. The average Bonchev–Trinajstić information content (AvgIpc) is 2.67. The van der Waals surface area contributed by atoms with E-state index in [4.69, 9.17) is 4.74 Å². The molecular formula is C20H16F4N4O3. The Balaban J connectivity index is 1.75. The van der Waals surface area contributed by atoms with Gasteiger partial charge in [0.05, 0.1) is 22.8 Å². The number of hydrogen-bond donors (Lipinski definition) is 2.